The smallest absolute Gasteiger partial charge is 0.410 e. The number of nitrogens with one attached hydrogen (secondary N) is 1. The highest BCUT2D eigenvalue weighted by atomic mass is 32.2. The zero-order valence-corrected chi connectivity index (χ0v) is 26.5. The van der Waals surface area contributed by atoms with Crippen LogP contribution in [0.4, 0.5) is 9.59 Å². The SMILES string of the molecule is CC(C)(C)OC(=O)N1CC(=NS(=O)C(C)(C)C)C1.CC(C)(C)OC(=O)N1CC(C#N)(NS(=O)C(C)(C)C)C1. The van der Waals surface area contributed by atoms with Crippen molar-refractivity contribution < 1.29 is 27.5 Å². The Labute approximate surface area is 232 Å². The molecule has 2 unspecified atom stereocenters. The molecule has 0 aromatic carbocycles. The molecule has 2 atom stereocenters. The minimum Gasteiger partial charge on any atom is -0.444 e. The molecule has 2 fully saturated rings. The number of nitriles is 1. The van der Waals surface area contributed by atoms with Gasteiger partial charge in [0.2, 0.25) is 0 Å². The predicted octanol–water partition coefficient (Wildman–Crippen LogP) is 3.69. The van der Waals surface area contributed by atoms with Crippen LogP contribution in [0.25, 0.3) is 0 Å². The van der Waals surface area contributed by atoms with Gasteiger partial charge in [-0.3, -0.25) is 4.90 Å². The van der Waals surface area contributed by atoms with Gasteiger partial charge in [0.15, 0.2) is 5.54 Å². The van der Waals surface area contributed by atoms with Crippen molar-refractivity contribution in [3.8, 4) is 6.07 Å². The number of ether oxygens (including phenoxy) is 2. The van der Waals surface area contributed by atoms with Crippen molar-refractivity contribution >= 4 is 39.9 Å². The first-order valence-electron chi connectivity index (χ1n) is 12.4. The maximum atomic E-state index is 12.1. The van der Waals surface area contributed by atoms with Gasteiger partial charge in [0.25, 0.3) is 0 Å². The van der Waals surface area contributed by atoms with E-state index >= 15 is 0 Å². The van der Waals surface area contributed by atoms with Crippen molar-refractivity contribution in [3.05, 3.63) is 0 Å². The third-order valence-electron chi connectivity index (χ3n) is 4.77. The Kier molecular flexibility index (Phi) is 10.7. The van der Waals surface area contributed by atoms with E-state index in [4.69, 9.17) is 9.47 Å². The maximum absolute atomic E-state index is 12.1. The first kappa shape index (κ1) is 34.0. The minimum absolute atomic E-state index is 0.181. The van der Waals surface area contributed by atoms with Crippen LogP contribution in [0.15, 0.2) is 4.40 Å². The molecular weight excluding hydrogens is 530 g/mol. The molecule has 2 saturated heterocycles. The summed E-state index contributed by atoms with van der Waals surface area (Å²) in [5.74, 6) is 0. The zero-order valence-electron chi connectivity index (χ0n) is 24.9. The van der Waals surface area contributed by atoms with Crippen molar-refractivity contribution in [2.45, 2.75) is 109 Å². The summed E-state index contributed by atoms with van der Waals surface area (Å²) in [4.78, 5) is 26.4. The summed E-state index contributed by atoms with van der Waals surface area (Å²) in [6, 6.07) is 2.11. The Balaban J connectivity index is 0.000000382. The molecule has 11 nitrogen and oxygen atoms in total. The maximum Gasteiger partial charge on any atom is 0.410 e. The average Bonchev–Trinajstić information content (AvgIpc) is 2.62. The number of rotatable bonds is 3. The number of amides is 2. The van der Waals surface area contributed by atoms with Gasteiger partial charge in [-0.15, -0.1) is 0 Å². The molecule has 2 rings (SSSR count). The van der Waals surface area contributed by atoms with Crippen LogP contribution in [0.1, 0.15) is 83.1 Å². The minimum atomic E-state index is -1.35. The third kappa shape index (κ3) is 11.0. The highest BCUT2D eigenvalue weighted by Crippen LogP contribution is 2.25. The summed E-state index contributed by atoms with van der Waals surface area (Å²) in [6.07, 6.45) is -0.797. The Morgan fingerprint density at radius 2 is 1.26 bits per heavy atom. The summed E-state index contributed by atoms with van der Waals surface area (Å²) in [5, 5.41) is 9.26. The van der Waals surface area contributed by atoms with Gasteiger partial charge in [-0.1, -0.05) is 0 Å². The van der Waals surface area contributed by atoms with Gasteiger partial charge in [0, 0.05) is 0 Å². The second-order valence-corrected chi connectivity index (χ2v) is 17.2. The molecule has 0 aliphatic carbocycles. The molecule has 2 heterocycles. The molecule has 2 aliphatic heterocycles. The van der Waals surface area contributed by atoms with Gasteiger partial charge in [-0.05, 0) is 83.1 Å². The fourth-order valence-corrected chi connectivity index (χ4v) is 4.17. The van der Waals surface area contributed by atoms with Crippen LogP contribution >= 0.6 is 0 Å². The van der Waals surface area contributed by atoms with Crippen molar-refractivity contribution in [3.63, 3.8) is 0 Å². The summed E-state index contributed by atoms with van der Waals surface area (Å²) in [5.41, 5.74) is -1.22. The number of carbonyl (C=O) groups excluding carboxylic acids is 2. The van der Waals surface area contributed by atoms with E-state index in [1.165, 1.54) is 4.90 Å². The predicted molar refractivity (Wildman–Crippen MR) is 150 cm³/mol. The van der Waals surface area contributed by atoms with Gasteiger partial charge in [0.05, 0.1) is 58.4 Å². The first-order chi connectivity index (χ1) is 16.9. The Bertz CT molecular complexity index is 996. The Hall–Kier alpha value is -2.04. The zero-order chi connectivity index (χ0) is 29.9. The van der Waals surface area contributed by atoms with Crippen molar-refractivity contribution in [2.75, 3.05) is 26.2 Å². The van der Waals surface area contributed by atoms with Crippen molar-refractivity contribution in [1.82, 2.24) is 14.5 Å². The number of carbonyl (C=O) groups is 2. The largest absolute Gasteiger partial charge is 0.444 e. The van der Waals surface area contributed by atoms with Gasteiger partial charge in [0.1, 0.15) is 22.2 Å². The van der Waals surface area contributed by atoms with E-state index < -0.39 is 49.6 Å². The van der Waals surface area contributed by atoms with Gasteiger partial charge < -0.3 is 14.4 Å². The van der Waals surface area contributed by atoms with Crippen LogP contribution in [0, 0.1) is 11.3 Å². The highest BCUT2D eigenvalue weighted by molar-refractivity contribution is 7.85. The lowest BCUT2D eigenvalue weighted by molar-refractivity contribution is -0.00133. The number of likely N-dealkylation sites (tertiary alicyclic amines) is 2. The molecule has 218 valence electrons. The molecule has 0 aromatic rings. The van der Waals surface area contributed by atoms with Crippen molar-refractivity contribution in [2.24, 2.45) is 4.40 Å². The third-order valence-corrected chi connectivity index (χ3v) is 7.93. The standard InChI is InChI=1S/C13H23N3O3S.C12H22N2O3S/c1-11(2,3)19-10(17)16-8-13(7-14,9-16)15-20(18)12(4,5)6;1-11(2,3)17-10(15)14-7-9(8-14)13-18(16)12(4,5)6/h15H,8-9H2,1-6H3;7-8H2,1-6H3. The van der Waals surface area contributed by atoms with E-state index in [0.29, 0.717) is 13.1 Å². The molecular formula is C25H45N5O6S2. The summed E-state index contributed by atoms with van der Waals surface area (Å²) in [7, 11) is -2.61. The van der Waals surface area contributed by atoms with E-state index in [0.717, 1.165) is 5.71 Å². The average molecular weight is 576 g/mol. The second-order valence-electron chi connectivity index (χ2n) is 13.4. The van der Waals surface area contributed by atoms with Crippen LogP contribution in [0.3, 0.4) is 0 Å². The van der Waals surface area contributed by atoms with Crippen LogP contribution in [-0.2, 0) is 31.4 Å². The molecule has 2 aliphatic rings. The van der Waals surface area contributed by atoms with Gasteiger partial charge in [-0.2, -0.15) is 9.66 Å². The lowest BCUT2D eigenvalue weighted by Crippen LogP contribution is -2.71. The van der Waals surface area contributed by atoms with Gasteiger partial charge in [-0.25, -0.2) is 22.7 Å². The van der Waals surface area contributed by atoms with Crippen LogP contribution in [0.5, 0.6) is 0 Å². The Morgan fingerprint density at radius 3 is 1.61 bits per heavy atom. The van der Waals surface area contributed by atoms with E-state index in [9.17, 15) is 23.3 Å². The fourth-order valence-electron chi connectivity index (χ4n) is 2.71. The monoisotopic (exact) mass is 575 g/mol. The molecule has 1 N–H and O–H groups in total. The molecule has 13 heteroatoms. The van der Waals surface area contributed by atoms with E-state index in [-0.39, 0.29) is 23.9 Å². The quantitative estimate of drug-likeness (QED) is 0.541. The molecule has 2 amide bonds. The molecule has 0 spiro atoms. The van der Waals surface area contributed by atoms with Crippen LogP contribution in [-0.4, -0.2) is 88.5 Å². The first-order valence-corrected chi connectivity index (χ1v) is 14.7. The second kappa shape index (κ2) is 12.0. The lowest BCUT2D eigenvalue weighted by atomic mass is 9.94. The van der Waals surface area contributed by atoms with Crippen LogP contribution in [0.2, 0.25) is 0 Å². The number of hydrogen-bond acceptors (Lipinski definition) is 7. The Morgan fingerprint density at radius 1 is 0.842 bits per heavy atom. The lowest BCUT2D eigenvalue weighted by Gasteiger charge is -2.46. The number of hydrogen-bond donors (Lipinski definition) is 1. The van der Waals surface area contributed by atoms with Gasteiger partial charge >= 0.3 is 12.2 Å². The van der Waals surface area contributed by atoms with E-state index in [1.807, 2.05) is 62.3 Å². The normalized spacial score (nSPS) is 19.0. The fraction of sp³-hybridized carbons (Fsp3) is 0.840. The summed E-state index contributed by atoms with van der Waals surface area (Å²) < 4.78 is 40.4. The molecule has 0 radical (unpaired) electrons. The number of nitrogens with zero attached hydrogens (tertiary/aromatic N) is 4. The summed E-state index contributed by atoms with van der Waals surface area (Å²) >= 11 is 0. The molecule has 38 heavy (non-hydrogen) atoms. The van der Waals surface area contributed by atoms with E-state index in [1.54, 1.807) is 25.7 Å². The van der Waals surface area contributed by atoms with Crippen LogP contribution < -0.4 is 4.72 Å². The topological polar surface area (TPSA) is 141 Å². The molecule has 0 aromatic heterocycles. The highest BCUT2D eigenvalue weighted by Gasteiger charge is 2.49. The molecule has 0 bridgehead atoms. The molecule has 0 saturated carbocycles. The van der Waals surface area contributed by atoms with E-state index in [2.05, 4.69) is 15.2 Å². The summed E-state index contributed by atoms with van der Waals surface area (Å²) in [6.45, 7) is 23.1. The van der Waals surface area contributed by atoms with Crippen molar-refractivity contribution in [1.29, 1.82) is 5.26 Å².